The van der Waals surface area contributed by atoms with E-state index in [4.69, 9.17) is 4.74 Å². The number of rotatable bonds is 4. The summed E-state index contributed by atoms with van der Waals surface area (Å²) >= 11 is 0. The molecule has 0 saturated carbocycles. The number of urea groups is 1. The molecule has 0 bridgehead atoms. The van der Waals surface area contributed by atoms with E-state index in [-0.39, 0.29) is 11.9 Å². The van der Waals surface area contributed by atoms with Crippen LogP contribution in [0.2, 0.25) is 0 Å². The largest absolute Gasteiger partial charge is 0.477 e. The lowest BCUT2D eigenvalue weighted by atomic mass is 10.2. The van der Waals surface area contributed by atoms with Crippen molar-refractivity contribution in [2.45, 2.75) is 20.3 Å². The second kappa shape index (κ2) is 9.21. The molecule has 1 aromatic heterocycles. The number of carbonyl (C=O) groups excluding carboxylic acids is 2. The van der Waals surface area contributed by atoms with Gasteiger partial charge in [0, 0.05) is 38.1 Å². The third kappa shape index (κ3) is 4.79. The number of benzene rings is 1. The van der Waals surface area contributed by atoms with Gasteiger partial charge in [0.1, 0.15) is 5.56 Å². The normalized spacial score (nSPS) is 14.4. The van der Waals surface area contributed by atoms with Crippen LogP contribution in [0.4, 0.5) is 10.5 Å². The summed E-state index contributed by atoms with van der Waals surface area (Å²) in [6, 6.07) is 11.0. The number of hydrogen-bond donors (Lipinski definition) is 1. The Balaban J connectivity index is 1.63. The van der Waals surface area contributed by atoms with Gasteiger partial charge in [0.25, 0.3) is 5.91 Å². The van der Waals surface area contributed by atoms with E-state index in [9.17, 15) is 9.59 Å². The molecule has 3 amide bonds. The summed E-state index contributed by atoms with van der Waals surface area (Å²) in [7, 11) is 0. The number of nitrogens with zero attached hydrogens (tertiary/aromatic N) is 3. The fourth-order valence-corrected chi connectivity index (χ4v) is 3.22. The maximum atomic E-state index is 12.9. The van der Waals surface area contributed by atoms with Gasteiger partial charge >= 0.3 is 6.03 Å². The van der Waals surface area contributed by atoms with Gasteiger partial charge in [0.2, 0.25) is 5.88 Å². The Morgan fingerprint density at radius 3 is 2.68 bits per heavy atom. The third-order valence-corrected chi connectivity index (χ3v) is 4.62. The molecule has 1 N–H and O–H groups in total. The Morgan fingerprint density at radius 2 is 1.89 bits per heavy atom. The van der Waals surface area contributed by atoms with Gasteiger partial charge in [-0.1, -0.05) is 12.1 Å². The molecule has 1 aliphatic heterocycles. The van der Waals surface area contributed by atoms with Crippen molar-refractivity contribution in [2.24, 2.45) is 0 Å². The molecule has 1 aliphatic rings. The van der Waals surface area contributed by atoms with Crippen molar-refractivity contribution >= 4 is 17.6 Å². The van der Waals surface area contributed by atoms with Crippen LogP contribution >= 0.6 is 0 Å². The van der Waals surface area contributed by atoms with E-state index in [0.717, 1.165) is 17.7 Å². The first-order valence-corrected chi connectivity index (χ1v) is 9.58. The molecular formula is C21H26N4O3. The first-order valence-electron chi connectivity index (χ1n) is 9.58. The van der Waals surface area contributed by atoms with Crippen molar-refractivity contribution in [2.75, 3.05) is 38.1 Å². The summed E-state index contributed by atoms with van der Waals surface area (Å²) in [5.74, 6) is 0.241. The van der Waals surface area contributed by atoms with Crippen LogP contribution in [-0.2, 0) is 0 Å². The fraction of sp³-hybridized carbons (Fsp3) is 0.381. The number of nitrogens with one attached hydrogen (secondary N) is 1. The van der Waals surface area contributed by atoms with Crippen LogP contribution in [0.1, 0.15) is 29.3 Å². The van der Waals surface area contributed by atoms with Gasteiger partial charge in [-0.25, -0.2) is 9.78 Å². The number of aromatic nitrogens is 1. The molecular weight excluding hydrogens is 356 g/mol. The average Bonchev–Trinajstić information content (AvgIpc) is 2.94. The summed E-state index contributed by atoms with van der Waals surface area (Å²) in [5, 5.41) is 2.94. The van der Waals surface area contributed by atoms with E-state index in [1.807, 2.05) is 38.1 Å². The number of pyridine rings is 1. The average molecular weight is 382 g/mol. The number of anilines is 1. The first kappa shape index (κ1) is 19.7. The number of carbonyl (C=O) groups is 2. The number of amides is 3. The molecule has 1 saturated heterocycles. The third-order valence-electron chi connectivity index (χ3n) is 4.62. The van der Waals surface area contributed by atoms with Gasteiger partial charge in [-0.2, -0.15) is 0 Å². The molecule has 0 unspecified atom stereocenters. The van der Waals surface area contributed by atoms with E-state index in [1.165, 1.54) is 0 Å². The second-order valence-electron chi connectivity index (χ2n) is 6.72. The van der Waals surface area contributed by atoms with Gasteiger partial charge in [0.05, 0.1) is 6.61 Å². The van der Waals surface area contributed by atoms with E-state index in [1.54, 1.807) is 28.1 Å². The lowest BCUT2D eigenvalue weighted by Crippen LogP contribution is -2.39. The smallest absolute Gasteiger partial charge is 0.321 e. The van der Waals surface area contributed by atoms with Crippen LogP contribution in [0.5, 0.6) is 5.88 Å². The molecule has 0 atom stereocenters. The standard InChI is InChI=1S/C21H26N4O3/c1-3-28-19-18(9-5-10-22-19)20(26)24-11-6-12-25(14-13-24)21(27)23-17-8-4-7-16(2)15-17/h4-5,7-10,15H,3,6,11-14H2,1-2H3,(H,23,27). The van der Waals surface area contributed by atoms with Crippen LogP contribution in [-0.4, -0.2) is 59.5 Å². The molecule has 7 nitrogen and oxygen atoms in total. The molecule has 0 radical (unpaired) electrons. The van der Waals surface area contributed by atoms with E-state index >= 15 is 0 Å². The van der Waals surface area contributed by atoms with E-state index in [0.29, 0.717) is 44.2 Å². The van der Waals surface area contributed by atoms with Gasteiger partial charge < -0.3 is 19.9 Å². The van der Waals surface area contributed by atoms with Crippen molar-refractivity contribution < 1.29 is 14.3 Å². The number of ether oxygens (including phenoxy) is 1. The second-order valence-corrected chi connectivity index (χ2v) is 6.72. The highest BCUT2D eigenvalue weighted by Gasteiger charge is 2.25. The maximum absolute atomic E-state index is 12.9. The minimum absolute atomic E-state index is 0.113. The van der Waals surface area contributed by atoms with Crippen molar-refractivity contribution in [3.05, 3.63) is 53.7 Å². The maximum Gasteiger partial charge on any atom is 0.321 e. The van der Waals surface area contributed by atoms with Gasteiger partial charge in [-0.15, -0.1) is 0 Å². The Labute approximate surface area is 165 Å². The lowest BCUT2D eigenvalue weighted by molar-refractivity contribution is 0.0757. The fourth-order valence-electron chi connectivity index (χ4n) is 3.22. The molecule has 1 aromatic carbocycles. The van der Waals surface area contributed by atoms with Crippen molar-refractivity contribution in [1.82, 2.24) is 14.8 Å². The Hall–Kier alpha value is -3.09. The Kier molecular flexibility index (Phi) is 6.47. The predicted molar refractivity (Wildman–Crippen MR) is 108 cm³/mol. The summed E-state index contributed by atoms with van der Waals surface area (Å²) in [4.78, 5) is 33.2. The zero-order chi connectivity index (χ0) is 19.9. The van der Waals surface area contributed by atoms with Gasteiger partial charge in [-0.3, -0.25) is 4.79 Å². The number of hydrogen-bond acceptors (Lipinski definition) is 4. The highest BCUT2D eigenvalue weighted by Crippen LogP contribution is 2.18. The Bertz CT molecular complexity index is 840. The number of aryl methyl sites for hydroxylation is 1. The SMILES string of the molecule is CCOc1ncccc1C(=O)N1CCCN(C(=O)Nc2cccc(C)c2)CC1. The quantitative estimate of drug-likeness (QED) is 0.881. The summed E-state index contributed by atoms with van der Waals surface area (Å²) in [6.07, 6.45) is 2.33. The molecule has 0 spiro atoms. The first-order chi connectivity index (χ1) is 13.6. The van der Waals surface area contributed by atoms with Crippen LogP contribution in [0.3, 0.4) is 0 Å². The van der Waals surface area contributed by atoms with Crippen molar-refractivity contribution in [1.29, 1.82) is 0 Å². The molecule has 3 rings (SSSR count). The van der Waals surface area contributed by atoms with Gasteiger partial charge in [0.15, 0.2) is 0 Å². The summed E-state index contributed by atoms with van der Waals surface area (Å²) < 4.78 is 5.48. The molecule has 28 heavy (non-hydrogen) atoms. The lowest BCUT2D eigenvalue weighted by Gasteiger charge is -2.23. The predicted octanol–water partition coefficient (Wildman–Crippen LogP) is 3.17. The van der Waals surface area contributed by atoms with Crippen LogP contribution in [0.15, 0.2) is 42.6 Å². The zero-order valence-electron chi connectivity index (χ0n) is 16.4. The minimum atomic E-state index is -0.142. The molecule has 2 heterocycles. The summed E-state index contributed by atoms with van der Waals surface area (Å²) in [5.41, 5.74) is 2.33. The molecule has 7 heteroatoms. The van der Waals surface area contributed by atoms with Gasteiger partial charge in [-0.05, 0) is 50.1 Å². The van der Waals surface area contributed by atoms with Crippen LogP contribution < -0.4 is 10.1 Å². The Morgan fingerprint density at radius 1 is 1.11 bits per heavy atom. The highest BCUT2D eigenvalue weighted by atomic mass is 16.5. The monoisotopic (exact) mass is 382 g/mol. The van der Waals surface area contributed by atoms with E-state index < -0.39 is 0 Å². The van der Waals surface area contributed by atoms with Crippen molar-refractivity contribution in [3.8, 4) is 5.88 Å². The minimum Gasteiger partial charge on any atom is -0.477 e. The van der Waals surface area contributed by atoms with Crippen LogP contribution in [0.25, 0.3) is 0 Å². The molecule has 0 aliphatic carbocycles. The highest BCUT2D eigenvalue weighted by molar-refractivity contribution is 5.96. The van der Waals surface area contributed by atoms with E-state index in [2.05, 4.69) is 10.3 Å². The van der Waals surface area contributed by atoms with Crippen molar-refractivity contribution in [3.63, 3.8) is 0 Å². The molecule has 148 valence electrons. The zero-order valence-corrected chi connectivity index (χ0v) is 16.4. The molecule has 1 fully saturated rings. The van der Waals surface area contributed by atoms with Crippen LogP contribution in [0, 0.1) is 6.92 Å². The summed E-state index contributed by atoms with van der Waals surface area (Å²) in [6.45, 7) is 6.44. The molecule has 2 aromatic rings. The topological polar surface area (TPSA) is 74.8 Å².